The molecule has 2 nitrogen and oxygen atoms in total. The fourth-order valence-electron chi connectivity index (χ4n) is 2.20. The molecule has 1 fully saturated rings. The lowest BCUT2D eigenvalue weighted by atomic mass is 9.95. The SMILES string of the molecule is Cc1cc2c(Br)ccc(OC3CC(S)C3)c2cn1. The van der Waals surface area contributed by atoms with E-state index in [1.807, 2.05) is 25.3 Å². The molecule has 1 aliphatic carbocycles. The van der Waals surface area contributed by atoms with Gasteiger partial charge < -0.3 is 4.74 Å². The average molecular weight is 324 g/mol. The summed E-state index contributed by atoms with van der Waals surface area (Å²) in [5.74, 6) is 0.922. The average Bonchev–Trinajstić information content (AvgIpc) is 2.31. The van der Waals surface area contributed by atoms with Crippen LogP contribution in [0.5, 0.6) is 5.75 Å². The van der Waals surface area contributed by atoms with Gasteiger partial charge in [-0.05, 0) is 38.0 Å². The Morgan fingerprint density at radius 1 is 1.33 bits per heavy atom. The van der Waals surface area contributed by atoms with Crippen LogP contribution in [-0.2, 0) is 0 Å². The summed E-state index contributed by atoms with van der Waals surface area (Å²) in [4.78, 5) is 4.36. The summed E-state index contributed by atoms with van der Waals surface area (Å²) in [6.07, 6.45) is 4.25. The standard InChI is InChI=1S/C14H14BrNOS/c1-8-4-11-12(7-16-8)14(3-2-13(11)15)17-9-5-10(18)6-9/h2-4,7,9-10,18H,5-6H2,1H3. The Morgan fingerprint density at radius 2 is 2.11 bits per heavy atom. The molecule has 3 rings (SSSR count). The number of fused-ring (bicyclic) bond motifs is 1. The predicted molar refractivity (Wildman–Crippen MR) is 80.6 cm³/mol. The molecule has 18 heavy (non-hydrogen) atoms. The van der Waals surface area contributed by atoms with E-state index in [1.165, 1.54) is 0 Å². The summed E-state index contributed by atoms with van der Waals surface area (Å²) < 4.78 is 7.10. The van der Waals surface area contributed by atoms with E-state index in [4.69, 9.17) is 4.74 Å². The van der Waals surface area contributed by atoms with Gasteiger partial charge in [0.15, 0.2) is 0 Å². The third-order valence-corrected chi connectivity index (χ3v) is 4.42. The molecule has 0 radical (unpaired) electrons. The van der Waals surface area contributed by atoms with E-state index in [2.05, 4.69) is 39.6 Å². The van der Waals surface area contributed by atoms with E-state index in [1.54, 1.807) is 0 Å². The molecule has 1 aromatic heterocycles. The Labute approximate surface area is 120 Å². The van der Waals surface area contributed by atoms with Gasteiger partial charge in [-0.25, -0.2) is 0 Å². The molecule has 1 saturated carbocycles. The maximum atomic E-state index is 6.02. The van der Waals surface area contributed by atoms with Crippen molar-refractivity contribution in [3.8, 4) is 5.75 Å². The van der Waals surface area contributed by atoms with Crippen LogP contribution in [0.1, 0.15) is 18.5 Å². The van der Waals surface area contributed by atoms with Crippen molar-refractivity contribution in [1.29, 1.82) is 0 Å². The van der Waals surface area contributed by atoms with E-state index in [0.29, 0.717) is 11.4 Å². The van der Waals surface area contributed by atoms with Crippen LogP contribution in [0.15, 0.2) is 28.9 Å². The lowest BCUT2D eigenvalue weighted by Gasteiger charge is -2.32. The summed E-state index contributed by atoms with van der Waals surface area (Å²) in [5.41, 5.74) is 1.01. The van der Waals surface area contributed by atoms with Crippen LogP contribution in [-0.4, -0.2) is 16.3 Å². The Kier molecular flexibility index (Phi) is 3.24. The van der Waals surface area contributed by atoms with Crippen LogP contribution >= 0.6 is 28.6 Å². The molecular formula is C14H14BrNOS. The van der Waals surface area contributed by atoms with Crippen LogP contribution in [0.2, 0.25) is 0 Å². The number of thiol groups is 1. The molecule has 1 aromatic carbocycles. The summed E-state index contributed by atoms with van der Waals surface area (Å²) in [7, 11) is 0. The van der Waals surface area contributed by atoms with Gasteiger partial charge >= 0.3 is 0 Å². The van der Waals surface area contributed by atoms with Crippen molar-refractivity contribution >= 4 is 39.3 Å². The highest BCUT2D eigenvalue weighted by molar-refractivity contribution is 9.10. The largest absolute Gasteiger partial charge is 0.490 e. The van der Waals surface area contributed by atoms with E-state index in [0.717, 1.165) is 39.5 Å². The third kappa shape index (κ3) is 2.24. The van der Waals surface area contributed by atoms with Gasteiger partial charge in [-0.15, -0.1) is 0 Å². The van der Waals surface area contributed by atoms with Gasteiger partial charge in [0.1, 0.15) is 11.9 Å². The second-order valence-electron chi connectivity index (χ2n) is 4.78. The van der Waals surface area contributed by atoms with E-state index >= 15 is 0 Å². The normalized spacial score (nSPS) is 22.8. The minimum absolute atomic E-state index is 0.304. The second-order valence-corrected chi connectivity index (χ2v) is 6.37. The highest BCUT2D eigenvalue weighted by Crippen LogP contribution is 2.35. The molecule has 0 unspecified atom stereocenters. The molecule has 94 valence electrons. The zero-order valence-corrected chi connectivity index (χ0v) is 12.5. The van der Waals surface area contributed by atoms with Crippen LogP contribution in [0.3, 0.4) is 0 Å². The van der Waals surface area contributed by atoms with Crippen molar-refractivity contribution in [2.24, 2.45) is 0 Å². The van der Waals surface area contributed by atoms with Crippen molar-refractivity contribution in [3.63, 3.8) is 0 Å². The zero-order valence-electron chi connectivity index (χ0n) is 10.1. The van der Waals surface area contributed by atoms with Gasteiger partial charge in [-0.2, -0.15) is 12.6 Å². The van der Waals surface area contributed by atoms with Crippen molar-refractivity contribution in [3.05, 3.63) is 34.6 Å². The third-order valence-electron chi connectivity index (χ3n) is 3.31. The molecule has 0 aliphatic heterocycles. The molecule has 2 aromatic rings. The number of pyridine rings is 1. The maximum Gasteiger partial charge on any atom is 0.129 e. The van der Waals surface area contributed by atoms with Crippen LogP contribution in [0.4, 0.5) is 0 Å². The smallest absolute Gasteiger partial charge is 0.129 e. The van der Waals surface area contributed by atoms with Gasteiger partial charge in [0.25, 0.3) is 0 Å². The second kappa shape index (κ2) is 4.74. The fraction of sp³-hybridized carbons (Fsp3) is 0.357. The summed E-state index contributed by atoms with van der Waals surface area (Å²) >= 11 is 7.99. The van der Waals surface area contributed by atoms with Crippen molar-refractivity contribution < 1.29 is 4.74 Å². The Hall–Kier alpha value is -0.740. The first kappa shape index (κ1) is 12.3. The molecular weight excluding hydrogens is 310 g/mol. The predicted octanol–water partition coefficient (Wildman–Crippen LogP) is 4.15. The highest BCUT2D eigenvalue weighted by Gasteiger charge is 2.28. The summed E-state index contributed by atoms with van der Waals surface area (Å²) in [6.45, 7) is 2.00. The van der Waals surface area contributed by atoms with Gasteiger partial charge in [0, 0.05) is 32.4 Å². The van der Waals surface area contributed by atoms with E-state index in [-0.39, 0.29) is 0 Å². The van der Waals surface area contributed by atoms with Crippen LogP contribution in [0.25, 0.3) is 10.8 Å². The first-order valence-electron chi connectivity index (χ1n) is 6.03. The molecule has 0 amide bonds. The van der Waals surface area contributed by atoms with Crippen LogP contribution < -0.4 is 4.74 Å². The van der Waals surface area contributed by atoms with Gasteiger partial charge in [-0.1, -0.05) is 15.9 Å². The maximum absolute atomic E-state index is 6.02. The molecule has 0 bridgehead atoms. The lowest BCUT2D eigenvalue weighted by molar-refractivity contribution is 0.129. The molecule has 0 spiro atoms. The minimum Gasteiger partial charge on any atom is -0.490 e. The lowest BCUT2D eigenvalue weighted by Crippen LogP contribution is -2.34. The van der Waals surface area contributed by atoms with E-state index < -0.39 is 0 Å². The monoisotopic (exact) mass is 323 g/mol. The van der Waals surface area contributed by atoms with Crippen molar-refractivity contribution in [2.75, 3.05) is 0 Å². The molecule has 0 saturated heterocycles. The molecule has 0 atom stereocenters. The van der Waals surface area contributed by atoms with Crippen LogP contribution in [0, 0.1) is 6.92 Å². The molecule has 4 heteroatoms. The van der Waals surface area contributed by atoms with Gasteiger partial charge in [0.2, 0.25) is 0 Å². The Morgan fingerprint density at radius 3 is 2.83 bits per heavy atom. The number of aromatic nitrogens is 1. The fourth-order valence-corrected chi connectivity index (χ4v) is 3.13. The Bertz CT molecular complexity index is 596. The molecule has 0 N–H and O–H groups in total. The number of nitrogens with zero attached hydrogens (tertiary/aromatic N) is 1. The quantitative estimate of drug-likeness (QED) is 0.839. The zero-order chi connectivity index (χ0) is 12.7. The van der Waals surface area contributed by atoms with Crippen molar-refractivity contribution in [1.82, 2.24) is 4.98 Å². The number of benzene rings is 1. The number of rotatable bonds is 2. The topological polar surface area (TPSA) is 22.1 Å². The van der Waals surface area contributed by atoms with Gasteiger partial charge in [-0.3, -0.25) is 4.98 Å². The number of ether oxygens (including phenoxy) is 1. The summed E-state index contributed by atoms with van der Waals surface area (Å²) in [6, 6.07) is 6.12. The first-order chi connectivity index (χ1) is 8.63. The molecule has 1 aliphatic rings. The number of hydrogen-bond acceptors (Lipinski definition) is 3. The molecule has 1 heterocycles. The first-order valence-corrected chi connectivity index (χ1v) is 7.34. The van der Waals surface area contributed by atoms with Crippen molar-refractivity contribution in [2.45, 2.75) is 31.1 Å². The number of aryl methyl sites for hydroxylation is 1. The van der Waals surface area contributed by atoms with E-state index in [9.17, 15) is 0 Å². The number of hydrogen-bond donors (Lipinski definition) is 1. The Balaban J connectivity index is 1.99. The highest BCUT2D eigenvalue weighted by atomic mass is 79.9. The van der Waals surface area contributed by atoms with Gasteiger partial charge in [0.05, 0.1) is 0 Å². The summed E-state index contributed by atoms with van der Waals surface area (Å²) in [5, 5.41) is 2.72. The number of halogens is 1. The minimum atomic E-state index is 0.304.